The van der Waals surface area contributed by atoms with E-state index < -0.39 is 11.9 Å². The van der Waals surface area contributed by atoms with Gasteiger partial charge in [-0.25, -0.2) is 4.79 Å². The maximum atomic E-state index is 11.3. The second kappa shape index (κ2) is 6.44. The molecule has 1 aromatic rings. The van der Waals surface area contributed by atoms with E-state index in [1.54, 1.807) is 12.1 Å². The van der Waals surface area contributed by atoms with E-state index in [1.165, 1.54) is 14.2 Å². The highest BCUT2D eigenvalue weighted by molar-refractivity contribution is 6.01. The van der Waals surface area contributed by atoms with Crippen LogP contribution in [0.1, 0.15) is 5.56 Å². The average Bonchev–Trinajstić information content (AvgIpc) is 2.37. The van der Waals surface area contributed by atoms with Gasteiger partial charge in [0.2, 0.25) is 0 Å². The third kappa shape index (κ3) is 4.02. The van der Waals surface area contributed by atoms with Gasteiger partial charge >= 0.3 is 5.97 Å². The number of benzene rings is 1. The number of carbonyl (C=O) groups excluding carboxylic acids is 2. The summed E-state index contributed by atoms with van der Waals surface area (Å²) in [6, 6.07) is 5.37. The van der Waals surface area contributed by atoms with E-state index >= 15 is 0 Å². The summed E-state index contributed by atoms with van der Waals surface area (Å²) in [7, 11) is 2.72. The number of nitrogens with two attached hydrogens (primary N) is 1. The van der Waals surface area contributed by atoms with Crippen molar-refractivity contribution in [3.8, 4) is 5.75 Å². The van der Waals surface area contributed by atoms with E-state index in [0.717, 1.165) is 11.6 Å². The Hall–Kier alpha value is -2.50. The third-order valence-corrected chi connectivity index (χ3v) is 2.35. The molecule has 1 rings (SSSR count). The predicted molar refractivity (Wildman–Crippen MR) is 70.6 cm³/mol. The topological polar surface area (TPSA) is 90.7 Å². The summed E-state index contributed by atoms with van der Waals surface area (Å²) in [5.74, 6) is -0.913. The van der Waals surface area contributed by atoms with Gasteiger partial charge in [-0.2, -0.15) is 0 Å². The molecule has 0 aliphatic carbocycles. The van der Waals surface area contributed by atoms with Crippen LogP contribution in [-0.4, -0.2) is 26.1 Å². The number of carbonyl (C=O) groups is 2. The van der Waals surface area contributed by atoms with Crippen LogP contribution in [0.2, 0.25) is 0 Å². The lowest BCUT2D eigenvalue weighted by Gasteiger charge is -2.12. The highest BCUT2D eigenvalue weighted by atomic mass is 16.5. The number of esters is 1. The van der Waals surface area contributed by atoms with Crippen LogP contribution in [-0.2, 0) is 14.3 Å². The molecule has 0 atom stereocenters. The molecule has 0 fully saturated rings. The van der Waals surface area contributed by atoms with E-state index in [1.807, 2.05) is 13.0 Å². The lowest BCUT2D eigenvalue weighted by molar-refractivity contribution is -0.135. The number of hydrogen-bond donors (Lipinski definition) is 2. The number of aryl methyl sites for hydroxylation is 1. The molecule has 0 saturated carbocycles. The molecule has 0 aliphatic rings. The molecule has 0 spiro atoms. The van der Waals surface area contributed by atoms with Crippen LogP contribution in [0.5, 0.6) is 5.75 Å². The molecule has 3 N–H and O–H groups in total. The number of methoxy groups -OCH3 is 2. The van der Waals surface area contributed by atoms with Crippen LogP contribution in [0.15, 0.2) is 30.0 Å². The number of rotatable bonds is 5. The van der Waals surface area contributed by atoms with E-state index in [9.17, 15) is 9.59 Å². The molecule has 6 heteroatoms. The number of nitrogens with one attached hydrogen (secondary N) is 1. The highest BCUT2D eigenvalue weighted by Gasteiger charge is 2.11. The Labute approximate surface area is 111 Å². The molecule has 102 valence electrons. The minimum atomic E-state index is -0.769. The average molecular weight is 264 g/mol. The predicted octanol–water partition coefficient (Wildman–Crippen LogP) is 0.958. The van der Waals surface area contributed by atoms with Gasteiger partial charge in [-0.1, -0.05) is 6.07 Å². The Morgan fingerprint density at radius 1 is 1.32 bits per heavy atom. The van der Waals surface area contributed by atoms with Gasteiger partial charge in [-0.05, 0) is 24.6 Å². The van der Waals surface area contributed by atoms with Gasteiger partial charge in [-0.3, -0.25) is 4.79 Å². The van der Waals surface area contributed by atoms with E-state index in [0.29, 0.717) is 11.4 Å². The fourth-order valence-corrected chi connectivity index (χ4v) is 1.41. The minimum Gasteiger partial charge on any atom is -0.495 e. The molecule has 0 heterocycles. The maximum Gasteiger partial charge on any atom is 0.332 e. The molecular weight excluding hydrogens is 248 g/mol. The van der Waals surface area contributed by atoms with Gasteiger partial charge in [0.15, 0.2) is 0 Å². The smallest absolute Gasteiger partial charge is 0.332 e. The van der Waals surface area contributed by atoms with E-state index in [2.05, 4.69) is 10.1 Å². The zero-order valence-electron chi connectivity index (χ0n) is 11.0. The van der Waals surface area contributed by atoms with Crippen molar-refractivity contribution in [1.82, 2.24) is 0 Å². The Kier molecular flexibility index (Phi) is 4.93. The fraction of sp³-hybridized carbons (Fsp3) is 0.231. The van der Waals surface area contributed by atoms with Crippen LogP contribution < -0.4 is 15.8 Å². The Morgan fingerprint density at radius 3 is 2.53 bits per heavy atom. The summed E-state index contributed by atoms with van der Waals surface area (Å²) < 4.78 is 9.61. The number of amides is 1. The summed E-state index contributed by atoms with van der Waals surface area (Å²) in [6.07, 6.45) is 0.990. The van der Waals surface area contributed by atoms with Crippen molar-refractivity contribution in [2.45, 2.75) is 6.92 Å². The highest BCUT2D eigenvalue weighted by Crippen LogP contribution is 2.26. The number of hydrogen-bond acceptors (Lipinski definition) is 5. The normalized spacial score (nSPS) is 10.8. The summed E-state index contributed by atoms with van der Waals surface area (Å²) in [5.41, 5.74) is 6.63. The molecule has 1 aromatic carbocycles. The van der Waals surface area contributed by atoms with Crippen molar-refractivity contribution in [3.05, 3.63) is 35.5 Å². The largest absolute Gasteiger partial charge is 0.495 e. The monoisotopic (exact) mass is 264 g/mol. The van der Waals surface area contributed by atoms with Crippen LogP contribution >= 0.6 is 0 Å². The van der Waals surface area contributed by atoms with Crippen molar-refractivity contribution in [1.29, 1.82) is 0 Å². The molecule has 0 aliphatic heterocycles. The lowest BCUT2D eigenvalue weighted by Crippen LogP contribution is -2.21. The summed E-state index contributed by atoms with van der Waals surface area (Å²) >= 11 is 0. The fourth-order valence-electron chi connectivity index (χ4n) is 1.41. The van der Waals surface area contributed by atoms with Crippen LogP contribution in [0, 0.1) is 6.92 Å². The first-order valence-corrected chi connectivity index (χ1v) is 5.49. The van der Waals surface area contributed by atoms with Gasteiger partial charge in [0.05, 0.1) is 26.0 Å². The molecule has 6 nitrogen and oxygen atoms in total. The van der Waals surface area contributed by atoms with Crippen LogP contribution in [0.3, 0.4) is 0 Å². The number of anilines is 1. The zero-order chi connectivity index (χ0) is 14.4. The van der Waals surface area contributed by atoms with Crippen LogP contribution in [0.25, 0.3) is 0 Å². The zero-order valence-corrected chi connectivity index (χ0v) is 11.0. The minimum absolute atomic E-state index is 0.0734. The third-order valence-electron chi connectivity index (χ3n) is 2.35. The second-order valence-electron chi connectivity index (χ2n) is 3.77. The van der Waals surface area contributed by atoms with Gasteiger partial charge < -0.3 is 20.5 Å². The molecule has 1 amide bonds. The lowest BCUT2D eigenvalue weighted by atomic mass is 10.2. The molecule has 19 heavy (non-hydrogen) atoms. The first kappa shape index (κ1) is 14.6. The van der Waals surface area contributed by atoms with Gasteiger partial charge in [0.1, 0.15) is 11.4 Å². The van der Waals surface area contributed by atoms with Crippen molar-refractivity contribution in [2.75, 3.05) is 19.5 Å². The quantitative estimate of drug-likeness (QED) is 0.610. The Balaban J connectivity index is 3.10. The van der Waals surface area contributed by atoms with Gasteiger partial charge in [-0.15, -0.1) is 0 Å². The number of primary amides is 1. The first-order chi connectivity index (χ1) is 8.97. The SMILES string of the molecule is COC(=O)/C=C(\Nc1cc(C)ccc1OC)C(N)=O. The molecule has 0 saturated heterocycles. The maximum absolute atomic E-state index is 11.3. The molecule has 0 radical (unpaired) electrons. The number of ether oxygens (including phenoxy) is 2. The van der Waals surface area contributed by atoms with Gasteiger partial charge in [0, 0.05) is 0 Å². The van der Waals surface area contributed by atoms with Crippen molar-refractivity contribution < 1.29 is 19.1 Å². The second-order valence-corrected chi connectivity index (χ2v) is 3.77. The van der Waals surface area contributed by atoms with Crippen molar-refractivity contribution in [2.24, 2.45) is 5.73 Å². The first-order valence-electron chi connectivity index (χ1n) is 5.49. The van der Waals surface area contributed by atoms with E-state index in [-0.39, 0.29) is 5.70 Å². The van der Waals surface area contributed by atoms with E-state index in [4.69, 9.17) is 10.5 Å². The standard InChI is InChI=1S/C13H16N2O4/c1-8-4-5-11(18-2)9(6-8)15-10(13(14)17)7-12(16)19-3/h4-7,15H,1-3H3,(H2,14,17)/b10-7-. The van der Waals surface area contributed by atoms with Gasteiger partial charge in [0.25, 0.3) is 5.91 Å². The van der Waals surface area contributed by atoms with Crippen molar-refractivity contribution in [3.63, 3.8) is 0 Å². The molecular formula is C13H16N2O4. The summed E-state index contributed by atoms with van der Waals surface area (Å²) in [6.45, 7) is 1.89. The molecule has 0 bridgehead atoms. The van der Waals surface area contributed by atoms with Crippen LogP contribution in [0.4, 0.5) is 5.69 Å². The molecule has 0 unspecified atom stereocenters. The Morgan fingerprint density at radius 2 is 2.00 bits per heavy atom. The molecule has 0 aromatic heterocycles. The summed E-state index contributed by atoms with van der Waals surface area (Å²) in [5, 5.41) is 2.76. The van der Waals surface area contributed by atoms with Crippen molar-refractivity contribution >= 4 is 17.6 Å². The summed E-state index contributed by atoms with van der Waals surface area (Å²) in [4.78, 5) is 22.4. The Bertz CT molecular complexity index is 523.